The van der Waals surface area contributed by atoms with Crippen LogP contribution in [0.3, 0.4) is 0 Å². The lowest BCUT2D eigenvalue weighted by Gasteiger charge is -2.26. The first kappa shape index (κ1) is 19.5. The number of morpholine rings is 1. The lowest BCUT2D eigenvalue weighted by atomic mass is 10.1. The third-order valence-corrected chi connectivity index (χ3v) is 5.14. The van der Waals surface area contributed by atoms with Gasteiger partial charge in [-0.2, -0.15) is 5.10 Å². The zero-order chi connectivity index (χ0) is 20.2. The Morgan fingerprint density at radius 3 is 2.76 bits per heavy atom. The van der Waals surface area contributed by atoms with Crippen LogP contribution < -0.4 is 5.32 Å². The van der Waals surface area contributed by atoms with Gasteiger partial charge in [0.05, 0.1) is 25.0 Å². The molecule has 3 heterocycles. The van der Waals surface area contributed by atoms with Crippen molar-refractivity contribution in [3.05, 3.63) is 59.4 Å². The second-order valence-electron chi connectivity index (χ2n) is 7.71. The van der Waals surface area contributed by atoms with E-state index >= 15 is 0 Å². The molecule has 3 aromatic rings. The third-order valence-electron chi connectivity index (χ3n) is 5.14. The van der Waals surface area contributed by atoms with E-state index in [0.717, 1.165) is 49.4 Å². The van der Waals surface area contributed by atoms with E-state index in [-0.39, 0.29) is 11.9 Å². The molecule has 0 bridgehead atoms. The average Bonchev–Trinajstić information content (AvgIpc) is 3.16. The fraction of sp³-hybridized carbons (Fsp3) is 0.409. The van der Waals surface area contributed by atoms with Gasteiger partial charge in [-0.1, -0.05) is 24.3 Å². The summed E-state index contributed by atoms with van der Waals surface area (Å²) in [5.41, 5.74) is 3.69. The van der Waals surface area contributed by atoms with Gasteiger partial charge in [0.2, 0.25) is 0 Å². The number of ether oxygens (including phenoxy) is 1. The molecule has 1 aromatic carbocycles. The topological polar surface area (TPSA) is 72.3 Å². The summed E-state index contributed by atoms with van der Waals surface area (Å²) in [7, 11) is 0. The number of nitrogens with one attached hydrogen (secondary N) is 1. The van der Waals surface area contributed by atoms with Gasteiger partial charge in [0.25, 0.3) is 5.91 Å². The largest absolute Gasteiger partial charge is 0.379 e. The molecule has 2 aromatic heterocycles. The van der Waals surface area contributed by atoms with E-state index in [0.29, 0.717) is 12.1 Å². The molecule has 1 saturated heterocycles. The van der Waals surface area contributed by atoms with Crippen molar-refractivity contribution in [3.8, 4) is 0 Å². The van der Waals surface area contributed by atoms with Crippen molar-refractivity contribution in [1.82, 2.24) is 25.0 Å². The van der Waals surface area contributed by atoms with Gasteiger partial charge in [-0.3, -0.25) is 9.69 Å². The number of pyridine rings is 1. The maximum Gasteiger partial charge on any atom is 0.253 e. The molecule has 4 rings (SSSR count). The summed E-state index contributed by atoms with van der Waals surface area (Å²) in [5, 5.41) is 8.23. The molecule has 1 aliphatic rings. The zero-order valence-electron chi connectivity index (χ0n) is 17.0. The van der Waals surface area contributed by atoms with Crippen molar-refractivity contribution < 1.29 is 9.53 Å². The summed E-state index contributed by atoms with van der Waals surface area (Å²) < 4.78 is 7.27. The van der Waals surface area contributed by atoms with Crippen LogP contribution in [0.4, 0.5) is 0 Å². The Kier molecular flexibility index (Phi) is 5.87. The number of nitrogens with zero attached hydrogens (tertiary/aromatic N) is 4. The van der Waals surface area contributed by atoms with Gasteiger partial charge in [-0.15, -0.1) is 0 Å². The van der Waals surface area contributed by atoms with Crippen molar-refractivity contribution in [1.29, 1.82) is 0 Å². The zero-order valence-corrected chi connectivity index (χ0v) is 17.0. The molecule has 29 heavy (non-hydrogen) atoms. The molecule has 0 atom stereocenters. The number of hydrogen-bond donors (Lipinski definition) is 1. The summed E-state index contributed by atoms with van der Waals surface area (Å²) in [6.07, 6.45) is 3.38. The molecule has 0 unspecified atom stereocenters. The van der Waals surface area contributed by atoms with E-state index < -0.39 is 0 Å². The maximum absolute atomic E-state index is 12.6. The molecule has 1 N–H and O–H groups in total. The van der Waals surface area contributed by atoms with Gasteiger partial charge in [0.1, 0.15) is 0 Å². The molecule has 0 radical (unpaired) electrons. The Balaban J connectivity index is 1.39. The molecular formula is C22H27N5O2. The normalized spacial score (nSPS) is 15.1. The summed E-state index contributed by atoms with van der Waals surface area (Å²) in [5.74, 6) is -0.129. The minimum Gasteiger partial charge on any atom is -0.379 e. The molecule has 7 nitrogen and oxygen atoms in total. The monoisotopic (exact) mass is 393 g/mol. The minimum atomic E-state index is -0.129. The van der Waals surface area contributed by atoms with E-state index in [9.17, 15) is 4.79 Å². The molecule has 0 spiro atoms. The van der Waals surface area contributed by atoms with Crippen LogP contribution >= 0.6 is 0 Å². The Hall–Kier alpha value is -2.77. The van der Waals surface area contributed by atoms with E-state index in [1.54, 1.807) is 12.4 Å². The van der Waals surface area contributed by atoms with E-state index in [2.05, 4.69) is 46.3 Å². The van der Waals surface area contributed by atoms with Gasteiger partial charge in [-0.05, 0) is 31.0 Å². The number of benzene rings is 1. The first-order chi connectivity index (χ1) is 14.1. The van der Waals surface area contributed by atoms with Crippen LogP contribution in [0, 0.1) is 0 Å². The van der Waals surface area contributed by atoms with E-state index in [1.165, 1.54) is 5.56 Å². The molecule has 1 amide bonds. The number of carbonyl (C=O) groups is 1. The van der Waals surface area contributed by atoms with Crippen LogP contribution in [-0.2, 0) is 17.8 Å². The highest BCUT2D eigenvalue weighted by atomic mass is 16.5. The molecule has 152 valence electrons. The number of carbonyl (C=O) groups excluding carboxylic acids is 1. The quantitative estimate of drug-likeness (QED) is 0.697. The summed E-state index contributed by atoms with van der Waals surface area (Å²) in [6, 6.07) is 10.4. The van der Waals surface area contributed by atoms with E-state index in [4.69, 9.17) is 4.74 Å². The highest BCUT2D eigenvalue weighted by Gasteiger charge is 2.13. The lowest BCUT2D eigenvalue weighted by molar-refractivity contribution is 0.0342. The molecule has 1 aliphatic heterocycles. The summed E-state index contributed by atoms with van der Waals surface area (Å²) in [6.45, 7) is 9.02. The van der Waals surface area contributed by atoms with Gasteiger partial charge in [0.15, 0.2) is 5.65 Å². The minimum absolute atomic E-state index is 0.129. The lowest BCUT2D eigenvalue weighted by Crippen LogP contribution is -2.35. The van der Waals surface area contributed by atoms with Crippen LogP contribution in [-0.4, -0.2) is 51.9 Å². The predicted molar refractivity (Wildman–Crippen MR) is 112 cm³/mol. The maximum atomic E-state index is 12.6. The number of hydrogen-bond acceptors (Lipinski definition) is 5. The Bertz CT molecular complexity index is 992. The van der Waals surface area contributed by atoms with Crippen molar-refractivity contribution in [2.45, 2.75) is 33.0 Å². The fourth-order valence-corrected chi connectivity index (χ4v) is 3.58. The number of fused-ring (bicyclic) bond motifs is 1. The first-order valence-corrected chi connectivity index (χ1v) is 10.1. The average molecular weight is 393 g/mol. The Labute approximate surface area is 170 Å². The van der Waals surface area contributed by atoms with Crippen molar-refractivity contribution >= 4 is 16.9 Å². The molecular weight excluding hydrogens is 366 g/mol. The van der Waals surface area contributed by atoms with Gasteiger partial charge >= 0.3 is 0 Å². The molecule has 0 saturated carbocycles. The number of rotatable bonds is 6. The highest BCUT2D eigenvalue weighted by Crippen LogP contribution is 2.17. The summed E-state index contributed by atoms with van der Waals surface area (Å²) >= 11 is 0. The second kappa shape index (κ2) is 8.71. The highest BCUT2D eigenvalue weighted by molar-refractivity contribution is 5.96. The van der Waals surface area contributed by atoms with Crippen LogP contribution in [0.5, 0.6) is 0 Å². The second-order valence-corrected chi connectivity index (χ2v) is 7.71. The van der Waals surface area contributed by atoms with E-state index in [1.807, 2.05) is 22.9 Å². The van der Waals surface area contributed by atoms with Crippen LogP contribution in [0.25, 0.3) is 11.0 Å². The third kappa shape index (κ3) is 4.63. The smallest absolute Gasteiger partial charge is 0.253 e. The molecule has 7 heteroatoms. The van der Waals surface area contributed by atoms with Crippen molar-refractivity contribution in [3.63, 3.8) is 0 Å². The fourth-order valence-electron chi connectivity index (χ4n) is 3.58. The molecule has 1 fully saturated rings. The van der Waals surface area contributed by atoms with Crippen LogP contribution in [0.2, 0.25) is 0 Å². The van der Waals surface area contributed by atoms with Gasteiger partial charge in [0, 0.05) is 43.8 Å². The van der Waals surface area contributed by atoms with Gasteiger partial charge < -0.3 is 10.1 Å². The van der Waals surface area contributed by atoms with Crippen molar-refractivity contribution in [2.24, 2.45) is 0 Å². The number of aromatic nitrogens is 3. The van der Waals surface area contributed by atoms with Crippen LogP contribution in [0.1, 0.15) is 41.4 Å². The van der Waals surface area contributed by atoms with Crippen molar-refractivity contribution in [2.75, 3.05) is 26.3 Å². The van der Waals surface area contributed by atoms with Crippen LogP contribution in [0.15, 0.2) is 42.7 Å². The Morgan fingerprint density at radius 2 is 1.97 bits per heavy atom. The summed E-state index contributed by atoms with van der Waals surface area (Å²) in [4.78, 5) is 19.4. The first-order valence-electron chi connectivity index (χ1n) is 10.1. The Morgan fingerprint density at radius 1 is 1.17 bits per heavy atom. The number of amides is 1. The van der Waals surface area contributed by atoms with Gasteiger partial charge in [-0.25, -0.2) is 9.67 Å². The SMILES string of the molecule is CC(C)n1ncc2cc(C(=O)NCc3cccc(CN4CCOCC4)c3)cnc21. The molecule has 0 aliphatic carbocycles. The predicted octanol–water partition coefficient (Wildman–Crippen LogP) is 2.77. The standard InChI is InChI=1S/C22H27N5O2/c1-16(2)27-21-19(14-25-27)11-20(13-23-21)22(28)24-12-17-4-3-5-18(10-17)15-26-6-8-29-9-7-26/h3-5,10-11,13-14,16H,6-9,12,15H2,1-2H3,(H,24,28).